The summed E-state index contributed by atoms with van der Waals surface area (Å²) in [6, 6.07) is 0.386. The van der Waals surface area contributed by atoms with Crippen molar-refractivity contribution in [2.75, 3.05) is 6.61 Å². The molecule has 0 aromatic rings. The minimum atomic E-state index is 0.386. The molecule has 1 heterocycles. The smallest absolute Gasteiger partial charge is 0.186 e. The SMILES string of the molecule is CCC(C)[C@H](C)C1=N[C@H](C(C)C)CO1. The summed E-state index contributed by atoms with van der Waals surface area (Å²) in [6.45, 7) is 11.9. The van der Waals surface area contributed by atoms with Crippen molar-refractivity contribution in [3.8, 4) is 0 Å². The second-order valence-corrected chi connectivity index (χ2v) is 4.76. The van der Waals surface area contributed by atoms with E-state index in [1.165, 1.54) is 6.42 Å². The first-order chi connectivity index (χ1) is 6.56. The van der Waals surface area contributed by atoms with Gasteiger partial charge in [-0.15, -0.1) is 0 Å². The monoisotopic (exact) mass is 197 g/mol. The fraction of sp³-hybridized carbons (Fsp3) is 0.917. The van der Waals surface area contributed by atoms with Crippen molar-refractivity contribution in [1.29, 1.82) is 0 Å². The van der Waals surface area contributed by atoms with Crippen LogP contribution in [0.5, 0.6) is 0 Å². The summed E-state index contributed by atoms with van der Waals surface area (Å²) in [4.78, 5) is 4.65. The zero-order valence-corrected chi connectivity index (χ0v) is 10.1. The molecule has 0 bridgehead atoms. The Bertz CT molecular complexity index is 210. The molecule has 1 aliphatic rings. The Kier molecular flexibility index (Phi) is 3.97. The van der Waals surface area contributed by atoms with Crippen LogP contribution in [0.15, 0.2) is 4.99 Å². The number of aliphatic imine (C=N–C) groups is 1. The molecule has 14 heavy (non-hydrogen) atoms. The van der Waals surface area contributed by atoms with Crippen molar-refractivity contribution in [2.24, 2.45) is 22.7 Å². The molecular weight excluding hydrogens is 174 g/mol. The minimum Gasteiger partial charge on any atom is -0.478 e. The van der Waals surface area contributed by atoms with E-state index in [1.807, 2.05) is 0 Å². The van der Waals surface area contributed by atoms with Gasteiger partial charge in [0.15, 0.2) is 5.90 Å². The van der Waals surface area contributed by atoms with Gasteiger partial charge in [0, 0.05) is 5.92 Å². The third-order valence-electron chi connectivity index (χ3n) is 3.35. The van der Waals surface area contributed by atoms with Crippen molar-refractivity contribution >= 4 is 5.90 Å². The summed E-state index contributed by atoms with van der Waals surface area (Å²) in [5.74, 6) is 2.72. The van der Waals surface area contributed by atoms with Crippen molar-refractivity contribution in [3.63, 3.8) is 0 Å². The lowest BCUT2D eigenvalue weighted by atomic mass is 9.93. The summed E-state index contributed by atoms with van der Waals surface area (Å²) in [7, 11) is 0. The van der Waals surface area contributed by atoms with Gasteiger partial charge in [-0.2, -0.15) is 0 Å². The van der Waals surface area contributed by atoms with Gasteiger partial charge in [0.25, 0.3) is 0 Å². The van der Waals surface area contributed by atoms with E-state index in [2.05, 4.69) is 39.6 Å². The van der Waals surface area contributed by atoms with Crippen LogP contribution < -0.4 is 0 Å². The van der Waals surface area contributed by atoms with E-state index in [0.29, 0.717) is 23.8 Å². The maximum atomic E-state index is 5.66. The zero-order chi connectivity index (χ0) is 10.7. The summed E-state index contributed by atoms with van der Waals surface area (Å²) >= 11 is 0. The maximum Gasteiger partial charge on any atom is 0.186 e. The average molecular weight is 197 g/mol. The van der Waals surface area contributed by atoms with Crippen molar-refractivity contribution in [2.45, 2.75) is 47.1 Å². The fourth-order valence-electron chi connectivity index (χ4n) is 1.60. The molecule has 0 aliphatic carbocycles. The van der Waals surface area contributed by atoms with Crippen LogP contribution in [0.4, 0.5) is 0 Å². The van der Waals surface area contributed by atoms with Gasteiger partial charge >= 0.3 is 0 Å². The lowest BCUT2D eigenvalue weighted by Gasteiger charge is -2.17. The molecule has 0 aromatic carbocycles. The fourth-order valence-corrected chi connectivity index (χ4v) is 1.60. The van der Waals surface area contributed by atoms with Crippen LogP contribution in [0.1, 0.15) is 41.0 Å². The van der Waals surface area contributed by atoms with Crippen LogP contribution in [0.25, 0.3) is 0 Å². The molecule has 2 heteroatoms. The van der Waals surface area contributed by atoms with E-state index >= 15 is 0 Å². The standard InChI is InChI=1S/C12H23NO/c1-6-9(4)10(5)12-13-11(7-14-12)8(2)3/h8-11H,6-7H2,1-5H3/t9?,10-,11-/m0/s1. The first-order valence-electron chi connectivity index (χ1n) is 5.76. The number of hydrogen-bond donors (Lipinski definition) is 0. The van der Waals surface area contributed by atoms with Crippen LogP contribution in [0, 0.1) is 17.8 Å². The van der Waals surface area contributed by atoms with Crippen LogP contribution in [0.2, 0.25) is 0 Å². The van der Waals surface area contributed by atoms with Gasteiger partial charge in [-0.25, -0.2) is 4.99 Å². The van der Waals surface area contributed by atoms with E-state index in [1.54, 1.807) is 0 Å². The topological polar surface area (TPSA) is 21.6 Å². The molecule has 0 radical (unpaired) electrons. The van der Waals surface area contributed by atoms with Gasteiger partial charge in [0.1, 0.15) is 6.61 Å². The van der Waals surface area contributed by atoms with Gasteiger partial charge in [0.05, 0.1) is 6.04 Å². The second kappa shape index (κ2) is 4.81. The molecule has 0 N–H and O–H groups in total. The minimum absolute atomic E-state index is 0.386. The Hall–Kier alpha value is -0.530. The van der Waals surface area contributed by atoms with Crippen LogP contribution in [0.3, 0.4) is 0 Å². The Morgan fingerprint density at radius 3 is 2.43 bits per heavy atom. The van der Waals surface area contributed by atoms with Crippen LogP contribution >= 0.6 is 0 Å². The highest BCUT2D eigenvalue weighted by atomic mass is 16.5. The Labute approximate surface area is 87.8 Å². The molecule has 0 saturated heterocycles. The molecule has 3 atom stereocenters. The predicted octanol–water partition coefficient (Wildman–Crippen LogP) is 3.12. The largest absolute Gasteiger partial charge is 0.478 e. The molecular formula is C12H23NO. The third kappa shape index (κ3) is 2.49. The van der Waals surface area contributed by atoms with Crippen molar-refractivity contribution in [3.05, 3.63) is 0 Å². The quantitative estimate of drug-likeness (QED) is 0.678. The summed E-state index contributed by atoms with van der Waals surface area (Å²) in [5.41, 5.74) is 0. The number of rotatable bonds is 4. The highest BCUT2D eigenvalue weighted by Crippen LogP contribution is 2.23. The van der Waals surface area contributed by atoms with E-state index < -0.39 is 0 Å². The van der Waals surface area contributed by atoms with Gasteiger partial charge in [-0.1, -0.05) is 41.0 Å². The number of hydrogen-bond acceptors (Lipinski definition) is 2. The summed E-state index contributed by atoms with van der Waals surface area (Å²) in [6.07, 6.45) is 1.19. The predicted molar refractivity (Wildman–Crippen MR) is 60.6 cm³/mol. The van der Waals surface area contributed by atoms with Crippen LogP contribution in [-0.4, -0.2) is 18.5 Å². The second-order valence-electron chi connectivity index (χ2n) is 4.76. The molecule has 1 rings (SSSR count). The van der Waals surface area contributed by atoms with E-state index in [4.69, 9.17) is 4.74 Å². The highest BCUT2D eigenvalue weighted by molar-refractivity contribution is 5.80. The van der Waals surface area contributed by atoms with E-state index in [9.17, 15) is 0 Å². The average Bonchev–Trinajstić information content (AvgIpc) is 2.64. The Morgan fingerprint density at radius 2 is 2.00 bits per heavy atom. The first kappa shape index (κ1) is 11.5. The summed E-state index contributed by atoms with van der Waals surface area (Å²) < 4.78 is 5.66. The highest BCUT2D eigenvalue weighted by Gasteiger charge is 2.27. The molecule has 1 aliphatic heterocycles. The molecule has 0 saturated carbocycles. The normalized spacial score (nSPS) is 25.9. The van der Waals surface area contributed by atoms with Gasteiger partial charge in [-0.3, -0.25) is 0 Å². The lowest BCUT2D eigenvalue weighted by molar-refractivity contribution is 0.267. The van der Waals surface area contributed by atoms with Gasteiger partial charge < -0.3 is 4.74 Å². The van der Waals surface area contributed by atoms with Gasteiger partial charge in [0.2, 0.25) is 0 Å². The molecule has 0 spiro atoms. The Balaban J connectivity index is 2.58. The molecule has 2 nitrogen and oxygen atoms in total. The molecule has 0 aromatic heterocycles. The van der Waals surface area contributed by atoms with E-state index in [0.717, 1.165) is 12.5 Å². The molecule has 1 unspecified atom stereocenters. The lowest BCUT2D eigenvalue weighted by Crippen LogP contribution is -2.18. The molecule has 0 amide bonds. The Morgan fingerprint density at radius 1 is 1.36 bits per heavy atom. The number of nitrogens with zero attached hydrogens (tertiary/aromatic N) is 1. The van der Waals surface area contributed by atoms with Crippen LogP contribution in [-0.2, 0) is 4.74 Å². The van der Waals surface area contributed by atoms with Crippen molar-refractivity contribution in [1.82, 2.24) is 0 Å². The molecule has 82 valence electrons. The summed E-state index contributed by atoms with van der Waals surface area (Å²) in [5, 5.41) is 0. The van der Waals surface area contributed by atoms with Gasteiger partial charge in [-0.05, 0) is 11.8 Å². The first-order valence-corrected chi connectivity index (χ1v) is 5.76. The molecule has 0 fully saturated rings. The zero-order valence-electron chi connectivity index (χ0n) is 10.1. The number of ether oxygens (including phenoxy) is 1. The third-order valence-corrected chi connectivity index (χ3v) is 3.35. The van der Waals surface area contributed by atoms with E-state index in [-0.39, 0.29) is 0 Å². The maximum absolute atomic E-state index is 5.66. The van der Waals surface area contributed by atoms with Crippen molar-refractivity contribution < 1.29 is 4.74 Å².